The molecule has 1 saturated heterocycles. The number of nitrogens with one attached hydrogen (secondary N) is 2. The first-order valence-electron chi connectivity index (χ1n) is 13.1. The number of hydrogen-bond acceptors (Lipinski definition) is 10. The summed E-state index contributed by atoms with van der Waals surface area (Å²) in [6.07, 6.45) is 8.83. The number of methoxy groups -OCH3 is 2. The Balaban J connectivity index is 1.37. The molecule has 208 valence electrons. The van der Waals surface area contributed by atoms with E-state index in [-0.39, 0.29) is 0 Å². The average Bonchev–Trinajstić information content (AvgIpc) is 3.53. The van der Waals surface area contributed by atoms with Gasteiger partial charge in [0.25, 0.3) is 0 Å². The summed E-state index contributed by atoms with van der Waals surface area (Å²) in [5.41, 5.74) is 1.77. The maximum Gasteiger partial charge on any atom is 0.244 e. The Labute approximate surface area is 226 Å². The monoisotopic (exact) mass is 538 g/mol. The number of aliphatic hydroxyl groups is 2. The number of anilines is 1. The number of hydrogen-bond donors (Lipinski definition) is 4. The van der Waals surface area contributed by atoms with Crippen LogP contribution < -0.4 is 20.1 Å². The standard InChI is InChI=1S/C27H34N6O6/c1-37-18-10-16(11-19(12-18)38-2)8-9-21(35)32-22-24(36)20(13-34)39-27(22)33-15-30-23-25(28-14-29-26(23)33)31-17-6-4-3-5-7-17/h8-12,14-15,17,20,22,24,27,34,36H,3-7,13H2,1-2H3,(H,32,35)(H,28,29,31)/b9-8+/t20-,22-,24-,27-/m1/s1. The minimum absolute atomic E-state index is 0.327. The summed E-state index contributed by atoms with van der Waals surface area (Å²) in [5.74, 6) is 1.37. The smallest absolute Gasteiger partial charge is 0.244 e. The molecule has 1 aliphatic carbocycles. The first-order chi connectivity index (χ1) is 19.0. The number of imidazole rings is 1. The molecule has 0 bridgehead atoms. The molecule has 12 nitrogen and oxygen atoms in total. The molecule has 12 heteroatoms. The van der Waals surface area contributed by atoms with Crippen molar-refractivity contribution >= 4 is 29.0 Å². The summed E-state index contributed by atoms with van der Waals surface area (Å²) >= 11 is 0. The molecule has 3 heterocycles. The van der Waals surface area contributed by atoms with Gasteiger partial charge in [-0.15, -0.1) is 0 Å². The van der Waals surface area contributed by atoms with Crippen molar-refractivity contribution in [3.8, 4) is 11.5 Å². The highest BCUT2D eigenvalue weighted by Gasteiger charge is 2.45. The Hall–Kier alpha value is -3.74. The minimum Gasteiger partial charge on any atom is -0.497 e. The molecule has 4 atom stereocenters. The summed E-state index contributed by atoms with van der Waals surface area (Å²) in [5, 5.41) is 27.0. The Morgan fingerprint density at radius 1 is 1.13 bits per heavy atom. The van der Waals surface area contributed by atoms with Gasteiger partial charge in [0.2, 0.25) is 5.91 Å². The summed E-state index contributed by atoms with van der Waals surface area (Å²) < 4.78 is 18.2. The van der Waals surface area contributed by atoms with Gasteiger partial charge in [0.1, 0.15) is 36.1 Å². The lowest BCUT2D eigenvalue weighted by molar-refractivity contribution is -0.118. The second-order valence-electron chi connectivity index (χ2n) is 9.78. The summed E-state index contributed by atoms with van der Waals surface area (Å²) in [6.45, 7) is -0.417. The molecule has 0 radical (unpaired) electrons. The van der Waals surface area contributed by atoms with Crippen LogP contribution in [0.4, 0.5) is 5.82 Å². The van der Waals surface area contributed by atoms with E-state index in [0.29, 0.717) is 40.1 Å². The molecule has 39 heavy (non-hydrogen) atoms. The fraction of sp³-hybridized carbons (Fsp3) is 0.481. The molecule has 2 fully saturated rings. The third-order valence-corrected chi connectivity index (χ3v) is 7.24. The average molecular weight is 539 g/mol. The fourth-order valence-electron chi connectivity index (χ4n) is 5.18. The van der Waals surface area contributed by atoms with Gasteiger partial charge in [0.15, 0.2) is 23.2 Å². The zero-order chi connectivity index (χ0) is 27.4. The van der Waals surface area contributed by atoms with Crippen molar-refractivity contribution in [2.45, 2.75) is 62.6 Å². The molecular formula is C27H34N6O6. The Morgan fingerprint density at radius 2 is 1.87 bits per heavy atom. The van der Waals surface area contributed by atoms with E-state index in [2.05, 4.69) is 25.6 Å². The SMILES string of the molecule is COc1cc(/C=C/C(=O)N[C@@H]2[C@H](O)[C@@H](CO)O[C@H]2n2cnc3c(NC4CCCCC4)ncnc32)cc(OC)c1. The Morgan fingerprint density at radius 3 is 2.56 bits per heavy atom. The summed E-state index contributed by atoms with van der Waals surface area (Å²) in [6, 6.07) is 4.72. The number of carbonyl (C=O) groups is 1. The van der Waals surface area contributed by atoms with Crippen molar-refractivity contribution in [1.29, 1.82) is 0 Å². The van der Waals surface area contributed by atoms with Gasteiger partial charge >= 0.3 is 0 Å². The van der Waals surface area contributed by atoms with Crippen LogP contribution in [0.25, 0.3) is 17.2 Å². The molecule has 1 aliphatic heterocycles. The van der Waals surface area contributed by atoms with E-state index >= 15 is 0 Å². The third-order valence-electron chi connectivity index (χ3n) is 7.24. The second-order valence-corrected chi connectivity index (χ2v) is 9.78. The molecule has 0 unspecified atom stereocenters. The van der Waals surface area contributed by atoms with Crippen LogP contribution in [-0.4, -0.2) is 80.8 Å². The molecule has 1 saturated carbocycles. The molecule has 0 spiro atoms. The first kappa shape index (κ1) is 26.9. The number of benzene rings is 1. The highest BCUT2D eigenvalue weighted by Crippen LogP contribution is 2.33. The van der Waals surface area contributed by atoms with Gasteiger partial charge in [-0.05, 0) is 36.6 Å². The number of rotatable bonds is 9. The van der Waals surface area contributed by atoms with E-state index < -0.39 is 37.0 Å². The normalized spacial score (nSPS) is 23.8. The lowest BCUT2D eigenvalue weighted by atomic mass is 9.95. The number of nitrogens with zero attached hydrogens (tertiary/aromatic N) is 4. The van der Waals surface area contributed by atoms with Gasteiger partial charge in [-0.2, -0.15) is 0 Å². The van der Waals surface area contributed by atoms with Crippen molar-refractivity contribution in [3.05, 3.63) is 42.5 Å². The minimum atomic E-state index is -1.16. The van der Waals surface area contributed by atoms with Crippen LogP contribution in [-0.2, 0) is 9.53 Å². The quantitative estimate of drug-likeness (QED) is 0.298. The lowest BCUT2D eigenvalue weighted by Gasteiger charge is -2.23. The van der Waals surface area contributed by atoms with E-state index in [1.54, 1.807) is 49.4 Å². The predicted octanol–water partition coefficient (Wildman–Crippen LogP) is 2.04. The zero-order valence-corrected chi connectivity index (χ0v) is 22.0. The number of carbonyl (C=O) groups excluding carboxylic acids is 1. The molecule has 1 amide bonds. The molecule has 2 aromatic heterocycles. The summed E-state index contributed by atoms with van der Waals surface area (Å²) in [4.78, 5) is 26.3. The maximum absolute atomic E-state index is 12.9. The van der Waals surface area contributed by atoms with Crippen LogP contribution in [0.5, 0.6) is 11.5 Å². The third kappa shape index (κ3) is 5.82. The van der Waals surface area contributed by atoms with Crippen LogP contribution in [0.2, 0.25) is 0 Å². The highest BCUT2D eigenvalue weighted by atomic mass is 16.5. The first-order valence-corrected chi connectivity index (χ1v) is 13.1. The molecular weight excluding hydrogens is 504 g/mol. The van der Waals surface area contributed by atoms with Gasteiger partial charge < -0.3 is 35.1 Å². The zero-order valence-electron chi connectivity index (χ0n) is 22.0. The van der Waals surface area contributed by atoms with Crippen molar-refractivity contribution in [2.24, 2.45) is 0 Å². The van der Waals surface area contributed by atoms with E-state index in [1.165, 1.54) is 31.7 Å². The summed E-state index contributed by atoms with van der Waals surface area (Å²) in [7, 11) is 3.10. The van der Waals surface area contributed by atoms with Crippen molar-refractivity contribution in [3.63, 3.8) is 0 Å². The topological polar surface area (TPSA) is 153 Å². The van der Waals surface area contributed by atoms with Crippen molar-refractivity contribution < 1.29 is 29.2 Å². The predicted molar refractivity (Wildman–Crippen MR) is 143 cm³/mol. The Bertz CT molecular complexity index is 1300. The van der Waals surface area contributed by atoms with Gasteiger partial charge in [-0.1, -0.05) is 19.3 Å². The van der Waals surface area contributed by atoms with Gasteiger partial charge in [-0.3, -0.25) is 9.36 Å². The largest absolute Gasteiger partial charge is 0.497 e. The van der Waals surface area contributed by atoms with E-state index in [9.17, 15) is 15.0 Å². The Kier molecular flexibility index (Phi) is 8.24. The van der Waals surface area contributed by atoms with E-state index in [4.69, 9.17) is 14.2 Å². The number of amides is 1. The molecule has 4 N–H and O–H groups in total. The second kappa shape index (κ2) is 12.0. The van der Waals surface area contributed by atoms with Crippen LogP contribution in [0.15, 0.2) is 36.9 Å². The van der Waals surface area contributed by atoms with Crippen molar-refractivity contribution in [1.82, 2.24) is 24.8 Å². The number of ether oxygens (including phenoxy) is 3. The van der Waals surface area contributed by atoms with Crippen molar-refractivity contribution in [2.75, 3.05) is 26.1 Å². The van der Waals surface area contributed by atoms with Crippen LogP contribution in [0.1, 0.15) is 43.9 Å². The van der Waals surface area contributed by atoms with Gasteiger partial charge in [-0.25, -0.2) is 15.0 Å². The van der Waals surface area contributed by atoms with Gasteiger partial charge in [0, 0.05) is 18.2 Å². The number of fused-ring (bicyclic) bond motifs is 1. The van der Waals surface area contributed by atoms with E-state index in [1.807, 2.05) is 0 Å². The maximum atomic E-state index is 12.9. The molecule has 2 aliphatic rings. The molecule has 3 aromatic rings. The molecule has 5 rings (SSSR count). The molecule has 1 aromatic carbocycles. The van der Waals surface area contributed by atoms with Crippen LogP contribution >= 0.6 is 0 Å². The number of aliphatic hydroxyl groups excluding tert-OH is 2. The lowest BCUT2D eigenvalue weighted by Crippen LogP contribution is -2.46. The van der Waals surface area contributed by atoms with Gasteiger partial charge in [0.05, 0.1) is 27.2 Å². The van der Waals surface area contributed by atoms with Crippen LogP contribution in [0, 0.1) is 0 Å². The van der Waals surface area contributed by atoms with Crippen LogP contribution in [0.3, 0.4) is 0 Å². The highest BCUT2D eigenvalue weighted by molar-refractivity contribution is 5.92. The number of aromatic nitrogens is 4. The fourth-order valence-corrected chi connectivity index (χ4v) is 5.18. The van der Waals surface area contributed by atoms with E-state index in [0.717, 1.165) is 12.8 Å².